The molecule has 2 rings (SSSR count). The summed E-state index contributed by atoms with van der Waals surface area (Å²) in [6.45, 7) is 6.54. The molecule has 0 fully saturated rings. The molecule has 2 aromatic rings. The molecule has 2 aromatic carbocycles. The molecule has 152 valence electrons. The third-order valence-electron chi connectivity index (χ3n) is 4.08. The Kier molecular flexibility index (Phi) is 6.20. The summed E-state index contributed by atoms with van der Waals surface area (Å²) in [4.78, 5) is 12.4. The summed E-state index contributed by atoms with van der Waals surface area (Å²) in [6, 6.07) is 6.22. The summed E-state index contributed by atoms with van der Waals surface area (Å²) >= 11 is 0. The zero-order valence-electron chi connectivity index (χ0n) is 15.8. The van der Waals surface area contributed by atoms with Crippen molar-refractivity contribution in [3.8, 4) is 0 Å². The lowest BCUT2D eigenvalue weighted by Gasteiger charge is -2.17. The Bertz CT molecular complexity index is 961. The molecule has 0 bridgehead atoms. The molecule has 0 radical (unpaired) electrons. The van der Waals surface area contributed by atoms with Crippen molar-refractivity contribution in [1.82, 2.24) is 4.72 Å². The van der Waals surface area contributed by atoms with E-state index in [4.69, 9.17) is 0 Å². The van der Waals surface area contributed by atoms with Crippen LogP contribution in [0.15, 0.2) is 41.3 Å². The van der Waals surface area contributed by atoms with Crippen molar-refractivity contribution in [2.24, 2.45) is 0 Å². The van der Waals surface area contributed by atoms with E-state index in [-0.39, 0.29) is 10.6 Å². The molecule has 0 saturated carbocycles. The first-order valence-electron chi connectivity index (χ1n) is 8.39. The van der Waals surface area contributed by atoms with Crippen molar-refractivity contribution in [3.05, 3.63) is 58.7 Å². The van der Waals surface area contributed by atoms with Gasteiger partial charge in [-0.3, -0.25) is 4.79 Å². The molecular formula is C19H21F3N2O3S. The maximum absolute atomic E-state index is 12.7. The number of halogens is 3. The predicted octanol–water partition coefficient (Wildman–Crippen LogP) is 3.94. The second kappa shape index (κ2) is 7.92. The molecule has 1 atom stereocenters. The number of carbonyl (C=O) groups is 1. The Hall–Kier alpha value is -2.39. The second-order valence-electron chi connectivity index (χ2n) is 6.64. The molecule has 0 aliphatic heterocycles. The van der Waals surface area contributed by atoms with Crippen LogP contribution in [-0.4, -0.2) is 20.4 Å². The van der Waals surface area contributed by atoms with Gasteiger partial charge < -0.3 is 5.32 Å². The SMILES string of the molecule is Cc1cc(C)c(S(=O)(=O)NC(C)C(=O)Nc2ccc(C(F)(F)F)cc2)c(C)c1. The zero-order valence-corrected chi connectivity index (χ0v) is 16.6. The van der Waals surface area contributed by atoms with E-state index in [1.54, 1.807) is 26.0 Å². The maximum Gasteiger partial charge on any atom is 0.416 e. The Morgan fingerprint density at radius 3 is 1.96 bits per heavy atom. The number of hydrogen-bond donors (Lipinski definition) is 2. The highest BCUT2D eigenvalue weighted by Gasteiger charge is 2.30. The highest BCUT2D eigenvalue weighted by Crippen LogP contribution is 2.29. The highest BCUT2D eigenvalue weighted by molar-refractivity contribution is 7.89. The fraction of sp³-hybridized carbons (Fsp3) is 0.316. The van der Waals surface area contributed by atoms with E-state index in [0.29, 0.717) is 11.1 Å². The minimum atomic E-state index is -4.48. The lowest BCUT2D eigenvalue weighted by Crippen LogP contribution is -2.41. The lowest BCUT2D eigenvalue weighted by atomic mass is 10.1. The topological polar surface area (TPSA) is 75.3 Å². The van der Waals surface area contributed by atoms with E-state index in [2.05, 4.69) is 10.0 Å². The van der Waals surface area contributed by atoms with Gasteiger partial charge in [0.1, 0.15) is 0 Å². The summed E-state index contributed by atoms with van der Waals surface area (Å²) in [5.74, 6) is -0.689. The number of alkyl halides is 3. The van der Waals surface area contributed by atoms with Gasteiger partial charge in [-0.25, -0.2) is 8.42 Å². The molecule has 1 unspecified atom stereocenters. The molecule has 0 heterocycles. The van der Waals surface area contributed by atoms with E-state index >= 15 is 0 Å². The molecule has 5 nitrogen and oxygen atoms in total. The van der Waals surface area contributed by atoms with Crippen LogP contribution in [0.25, 0.3) is 0 Å². The van der Waals surface area contributed by atoms with Gasteiger partial charge in [0.15, 0.2) is 0 Å². The van der Waals surface area contributed by atoms with E-state index in [0.717, 1.165) is 29.8 Å². The van der Waals surface area contributed by atoms with Gasteiger partial charge >= 0.3 is 6.18 Å². The van der Waals surface area contributed by atoms with E-state index < -0.39 is 33.7 Å². The Balaban J connectivity index is 2.14. The normalized spacial score (nSPS) is 13.2. The van der Waals surface area contributed by atoms with E-state index in [1.165, 1.54) is 6.92 Å². The average Bonchev–Trinajstić information content (AvgIpc) is 2.52. The summed E-state index contributed by atoms with van der Waals surface area (Å²) in [5.41, 5.74) is 1.32. The molecule has 0 aromatic heterocycles. The molecule has 0 spiro atoms. The number of nitrogens with one attached hydrogen (secondary N) is 2. The molecule has 0 aliphatic rings. The number of anilines is 1. The Morgan fingerprint density at radius 2 is 1.50 bits per heavy atom. The summed E-state index contributed by atoms with van der Waals surface area (Å²) in [6.07, 6.45) is -4.48. The quantitative estimate of drug-likeness (QED) is 0.778. The van der Waals surface area contributed by atoms with Crippen LogP contribution in [-0.2, 0) is 21.0 Å². The summed E-state index contributed by atoms with van der Waals surface area (Å²) < 4.78 is 65.4. The fourth-order valence-electron chi connectivity index (χ4n) is 2.93. The number of hydrogen-bond acceptors (Lipinski definition) is 3. The van der Waals surface area contributed by atoms with Crippen LogP contribution < -0.4 is 10.0 Å². The van der Waals surface area contributed by atoms with Crippen molar-refractivity contribution in [1.29, 1.82) is 0 Å². The van der Waals surface area contributed by atoms with Crippen molar-refractivity contribution >= 4 is 21.6 Å². The van der Waals surface area contributed by atoms with Gasteiger partial charge in [0, 0.05) is 5.69 Å². The minimum Gasteiger partial charge on any atom is -0.325 e. The van der Waals surface area contributed by atoms with Crippen LogP contribution >= 0.6 is 0 Å². The Labute approximate surface area is 162 Å². The largest absolute Gasteiger partial charge is 0.416 e. The average molecular weight is 414 g/mol. The maximum atomic E-state index is 12.7. The fourth-order valence-corrected chi connectivity index (χ4v) is 4.58. The Morgan fingerprint density at radius 1 is 1.00 bits per heavy atom. The van der Waals surface area contributed by atoms with E-state index in [1.807, 2.05) is 6.92 Å². The van der Waals surface area contributed by atoms with Gasteiger partial charge in [-0.15, -0.1) is 0 Å². The van der Waals surface area contributed by atoms with Crippen molar-refractivity contribution in [2.45, 2.75) is 44.8 Å². The third-order valence-corrected chi connectivity index (χ3v) is 5.92. The second-order valence-corrected chi connectivity index (χ2v) is 8.29. The van der Waals surface area contributed by atoms with Crippen LogP contribution in [0.5, 0.6) is 0 Å². The molecule has 9 heteroatoms. The van der Waals surface area contributed by atoms with Crippen LogP contribution in [0.2, 0.25) is 0 Å². The highest BCUT2D eigenvalue weighted by atomic mass is 32.2. The molecule has 2 N–H and O–H groups in total. The van der Waals surface area contributed by atoms with Crippen molar-refractivity contribution in [2.75, 3.05) is 5.32 Å². The van der Waals surface area contributed by atoms with Gasteiger partial charge in [-0.2, -0.15) is 17.9 Å². The van der Waals surface area contributed by atoms with Gasteiger partial charge in [0.25, 0.3) is 0 Å². The zero-order chi connectivity index (χ0) is 21.3. The lowest BCUT2D eigenvalue weighted by molar-refractivity contribution is -0.137. The van der Waals surface area contributed by atoms with Crippen LogP contribution in [0.3, 0.4) is 0 Å². The molecule has 28 heavy (non-hydrogen) atoms. The summed E-state index contributed by atoms with van der Waals surface area (Å²) in [7, 11) is -3.96. The van der Waals surface area contributed by atoms with E-state index in [9.17, 15) is 26.4 Å². The van der Waals surface area contributed by atoms with Crippen molar-refractivity contribution < 1.29 is 26.4 Å². The van der Waals surface area contributed by atoms with Gasteiger partial charge in [0.2, 0.25) is 15.9 Å². The molecule has 0 saturated heterocycles. The third kappa shape index (κ3) is 5.11. The van der Waals surface area contributed by atoms with Crippen LogP contribution in [0.4, 0.5) is 18.9 Å². The predicted molar refractivity (Wildman–Crippen MR) is 101 cm³/mol. The standard InChI is InChI=1S/C19H21F3N2O3S/c1-11-9-12(2)17(13(3)10-11)28(26,27)24-14(4)18(25)23-16-7-5-15(6-8-16)19(20,21)22/h5-10,14,24H,1-4H3,(H,23,25). The van der Waals surface area contributed by atoms with Gasteiger partial charge in [-0.1, -0.05) is 17.7 Å². The van der Waals surface area contributed by atoms with Crippen molar-refractivity contribution in [3.63, 3.8) is 0 Å². The first-order valence-corrected chi connectivity index (χ1v) is 9.88. The monoisotopic (exact) mass is 414 g/mol. The van der Waals surface area contributed by atoms with Crippen LogP contribution in [0.1, 0.15) is 29.2 Å². The number of aryl methyl sites for hydroxylation is 3. The van der Waals surface area contributed by atoms with Gasteiger partial charge in [-0.05, 0) is 63.1 Å². The number of carbonyl (C=O) groups excluding carboxylic acids is 1. The molecule has 0 aliphatic carbocycles. The molecule has 1 amide bonds. The number of sulfonamides is 1. The number of amides is 1. The first-order chi connectivity index (χ1) is 12.8. The van der Waals surface area contributed by atoms with Crippen LogP contribution in [0, 0.1) is 20.8 Å². The molecular weight excluding hydrogens is 393 g/mol. The van der Waals surface area contributed by atoms with Gasteiger partial charge in [0.05, 0.1) is 16.5 Å². The summed E-state index contributed by atoms with van der Waals surface area (Å²) in [5, 5.41) is 2.40. The first kappa shape index (κ1) is 21.9. The number of rotatable bonds is 5. The number of benzene rings is 2. The smallest absolute Gasteiger partial charge is 0.325 e. The minimum absolute atomic E-state index is 0.104.